The Morgan fingerprint density at radius 2 is 1.70 bits per heavy atom. The van der Waals surface area contributed by atoms with Crippen molar-refractivity contribution in [2.45, 2.75) is 12.4 Å². The molecule has 0 heterocycles. The molecule has 0 aromatic heterocycles. The van der Waals surface area contributed by atoms with Crippen LogP contribution in [0.3, 0.4) is 0 Å². The van der Waals surface area contributed by atoms with Gasteiger partial charge in [0.15, 0.2) is 0 Å². The van der Waals surface area contributed by atoms with E-state index in [0.29, 0.717) is 22.9 Å². The highest BCUT2D eigenvalue weighted by molar-refractivity contribution is 8.13. The Labute approximate surface area is 127 Å². The zero-order valence-electron chi connectivity index (χ0n) is 10.4. The second-order valence-corrected chi connectivity index (χ2v) is 7.41. The minimum Gasteiger partial charge on any atom is -0.487 e. The third-order valence-electron chi connectivity index (χ3n) is 2.57. The molecular formula is C14H12Cl2O3S. The quantitative estimate of drug-likeness (QED) is 0.778. The second kappa shape index (κ2) is 6.48. The lowest BCUT2D eigenvalue weighted by molar-refractivity contribution is 0.306. The fourth-order valence-electron chi connectivity index (χ4n) is 1.69. The van der Waals surface area contributed by atoms with Gasteiger partial charge in [-0.25, -0.2) is 8.42 Å². The smallest absolute Gasteiger partial charge is 0.236 e. The van der Waals surface area contributed by atoms with Crippen molar-refractivity contribution >= 4 is 31.3 Å². The molecule has 0 aliphatic heterocycles. The largest absolute Gasteiger partial charge is 0.487 e. The van der Waals surface area contributed by atoms with Crippen molar-refractivity contribution in [2.24, 2.45) is 0 Å². The number of halogens is 2. The van der Waals surface area contributed by atoms with E-state index in [2.05, 4.69) is 0 Å². The molecule has 0 radical (unpaired) electrons. The molecule has 0 unspecified atom stereocenters. The van der Waals surface area contributed by atoms with Crippen LogP contribution in [0.15, 0.2) is 48.5 Å². The molecule has 0 amide bonds. The van der Waals surface area contributed by atoms with Gasteiger partial charge < -0.3 is 4.74 Å². The molecule has 0 bridgehead atoms. The molecule has 0 spiro atoms. The first-order chi connectivity index (χ1) is 9.44. The van der Waals surface area contributed by atoms with Gasteiger partial charge in [0.05, 0.1) is 10.8 Å². The van der Waals surface area contributed by atoms with Gasteiger partial charge in [0.25, 0.3) is 0 Å². The van der Waals surface area contributed by atoms with Crippen LogP contribution in [0.2, 0.25) is 5.02 Å². The third kappa shape index (κ3) is 4.71. The number of rotatable bonds is 5. The van der Waals surface area contributed by atoms with Crippen LogP contribution in [0.25, 0.3) is 0 Å². The molecule has 106 valence electrons. The summed E-state index contributed by atoms with van der Waals surface area (Å²) in [7, 11) is 1.61. The maximum atomic E-state index is 11.0. The molecule has 2 rings (SSSR count). The Hall–Kier alpha value is -1.23. The monoisotopic (exact) mass is 330 g/mol. The number of hydrogen-bond acceptors (Lipinski definition) is 3. The van der Waals surface area contributed by atoms with Gasteiger partial charge in [-0.15, -0.1) is 0 Å². The maximum absolute atomic E-state index is 11.0. The van der Waals surface area contributed by atoms with E-state index in [-0.39, 0.29) is 5.75 Å². The van der Waals surface area contributed by atoms with Gasteiger partial charge in [-0.2, -0.15) is 0 Å². The van der Waals surface area contributed by atoms with Gasteiger partial charge in [-0.05, 0) is 23.3 Å². The Kier molecular flexibility index (Phi) is 4.91. The maximum Gasteiger partial charge on any atom is 0.236 e. The Bertz CT molecular complexity index is 685. The first-order valence-electron chi connectivity index (χ1n) is 5.81. The van der Waals surface area contributed by atoms with Gasteiger partial charge in [-0.1, -0.05) is 48.0 Å². The average Bonchev–Trinajstić information content (AvgIpc) is 2.37. The molecule has 0 fully saturated rings. The fourth-order valence-corrected chi connectivity index (χ4v) is 2.90. The predicted octanol–water partition coefficient (Wildman–Crippen LogP) is 3.99. The fraction of sp³-hybridized carbons (Fsp3) is 0.143. The van der Waals surface area contributed by atoms with Crippen LogP contribution in [0, 0.1) is 0 Å². The summed E-state index contributed by atoms with van der Waals surface area (Å²) in [6.45, 7) is 0.397. The van der Waals surface area contributed by atoms with Crippen molar-refractivity contribution in [2.75, 3.05) is 0 Å². The van der Waals surface area contributed by atoms with Crippen LogP contribution in [-0.4, -0.2) is 8.42 Å². The lowest BCUT2D eigenvalue weighted by Crippen LogP contribution is -1.98. The lowest BCUT2D eigenvalue weighted by atomic mass is 10.2. The van der Waals surface area contributed by atoms with Crippen molar-refractivity contribution in [1.29, 1.82) is 0 Å². The molecule has 20 heavy (non-hydrogen) atoms. The van der Waals surface area contributed by atoms with Crippen LogP contribution >= 0.6 is 22.3 Å². The van der Waals surface area contributed by atoms with Crippen LogP contribution in [0.1, 0.15) is 11.1 Å². The van der Waals surface area contributed by atoms with Crippen molar-refractivity contribution in [3.05, 3.63) is 64.7 Å². The minimum atomic E-state index is -3.59. The predicted molar refractivity (Wildman–Crippen MR) is 80.7 cm³/mol. The van der Waals surface area contributed by atoms with E-state index in [9.17, 15) is 8.42 Å². The zero-order chi connectivity index (χ0) is 14.6. The van der Waals surface area contributed by atoms with Gasteiger partial charge in [0.2, 0.25) is 9.05 Å². The topological polar surface area (TPSA) is 43.4 Å². The van der Waals surface area contributed by atoms with E-state index in [0.717, 1.165) is 5.56 Å². The molecule has 3 nitrogen and oxygen atoms in total. The third-order valence-corrected chi connectivity index (χ3v) is 3.87. The summed E-state index contributed by atoms with van der Waals surface area (Å²) in [6, 6.07) is 14.5. The van der Waals surface area contributed by atoms with E-state index in [1.54, 1.807) is 18.2 Å². The molecule has 0 aliphatic rings. The van der Waals surface area contributed by atoms with Crippen LogP contribution < -0.4 is 4.74 Å². The molecule has 0 atom stereocenters. The Balaban J connectivity index is 2.06. The molecule has 2 aromatic carbocycles. The number of hydrogen-bond donors (Lipinski definition) is 0. The van der Waals surface area contributed by atoms with Crippen molar-refractivity contribution in [3.8, 4) is 5.75 Å². The molecule has 0 N–H and O–H groups in total. The molecular weight excluding hydrogens is 319 g/mol. The van der Waals surface area contributed by atoms with E-state index in [1.165, 1.54) is 0 Å². The van der Waals surface area contributed by atoms with Crippen molar-refractivity contribution in [3.63, 3.8) is 0 Å². The van der Waals surface area contributed by atoms with Gasteiger partial charge in [0.1, 0.15) is 12.4 Å². The summed E-state index contributed by atoms with van der Waals surface area (Å²) < 4.78 is 27.6. The normalized spacial score (nSPS) is 11.3. The number of ether oxygens (including phenoxy) is 1. The van der Waals surface area contributed by atoms with Gasteiger partial charge in [0, 0.05) is 10.7 Å². The van der Waals surface area contributed by atoms with E-state index >= 15 is 0 Å². The highest BCUT2D eigenvalue weighted by atomic mass is 35.7. The molecule has 0 aliphatic carbocycles. The lowest BCUT2D eigenvalue weighted by Gasteiger charge is -2.09. The van der Waals surface area contributed by atoms with Crippen LogP contribution in [-0.2, 0) is 21.4 Å². The van der Waals surface area contributed by atoms with E-state index in [4.69, 9.17) is 27.0 Å². The van der Waals surface area contributed by atoms with Crippen molar-refractivity contribution < 1.29 is 13.2 Å². The summed E-state index contributed by atoms with van der Waals surface area (Å²) in [6.07, 6.45) is 0. The van der Waals surface area contributed by atoms with Crippen molar-refractivity contribution in [1.82, 2.24) is 0 Å². The van der Waals surface area contributed by atoms with Crippen LogP contribution in [0.5, 0.6) is 5.75 Å². The second-order valence-electron chi connectivity index (χ2n) is 4.22. The average molecular weight is 331 g/mol. The molecule has 0 saturated heterocycles. The summed E-state index contributed by atoms with van der Waals surface area (Å²) in [5, 5.41) is 0.360. The molecule has 6 heteroatoms. The summed E-state index contributed by atoms with van der Waals surface area (Å²) >= 11 is 6.06. The highest BCUT2D eigenvalue weighted by Crippen LogP contribution is 2.27. The Morgan fingerprint density at radius 3 is 2.30 bits per heavy atom. The Morgan fingerprint density at radius 1 is 1.00 bits per heavy atom. The summed E-state index contributed by atoms with van der Waals surface area (Å²) in [4.78, 5) is 0. The van der Waals surface area contributed by atoms with Gasteiger partial charge >= 0.3 is 0 Å². The highest BCUT2D eigenvalue weighted by Gasteiger charge is 2.10. The first-order valence-corrected chi connectivity index (χ1v) is 8.67. The first kappa shape index (κ1) is 15.2. The van der Waals surface area contributed by atoms with E-state index in [1.807, 2.05) is 30.3 Å². The van der Waals surface area contributed by atoms with Crippen LogP contribution in [0.4, 0.5) is 0 Å². The molecule has 2 aromatic rings. The van der Waals surface area contributed by atoms with Gasteiger partial charge in [-0.3, -0.25) is 0 Å². The standard InChI is InChI=1S/C14H12Cl2O3S/c15-13-8-12(10-20(16,17)18)6-7-14(13)19-9-11-4-2-1-3-5-11/h1-8H,9-10H2. The number of benzene rings is 2. The SMILES string of the molecule is O=S(=O)(Cl)Cc1ccc(OCc2ccccc2)c(Cl)c1. The van der Waals surface area contributed by atoms with E-state index < -0.39 is 9.05 Å². The zero-order valence-corrected chi connectivity index (χ0v) is 12.8. The summed E-state index contributed by atoms with van der Waals surface area (Å²) in [5.74, 6) is 0.249. The summed E-state index contributed by atoms with van der Waals surface area (Å²) in [5.41, 5.74) is 1.55. The minimum absolute atomic E-state index is 0.257. The molecule has 0 saturated carbocycles.